The van der Waals surface area contributed by atoms with E-state index in [-0.39, 0.29) is 23.6 Å². The number of nitrogens with zero attached hydrogens (tertiary/aromatic N) is 5. The molecule has 184 valence electrons. The van der Waals surface area contributed by atoms with Crippen molar-refractivity contribution in [3.05, 3.63) is 71.0 Å². The average Bonchev–Trinajstić information content (AvgIpc) is 3.63. The summed E-state index contributed by atoms with van der Waals surface area (Å²) in [6, 6.07) is 10.5. The van der Waals surface area contributed by atoms with Crippen LogP contribution in [0.2, 0.25) is 0 Å². The van der Waals surface area contributed by atoms with E-state index in [2.05, 4.69) is 31.0 Å². The van der Waals surface area contributed by atoms with Crippen molar-refractivity contribution in [2.45, 2.75) is 31.4 Å². The Balaban J connectivity index is 1.32. The van der Waals surface area contributed by atoms with Gasteiger partial charge in [0.05, 0.1) is 24.0 Å². The van der Waals surface area contributed by atoms with Crippen molar-refractivity contribution < 1.29 is 9.53 Å². The first-order chi connectivity index (χ1) is 17.6. The molecule has 3 unspecified atom stereocenters. The normalized spacial score (nSPS) is 20.9. The highest BCUT2D eigenvalue weighted by molar-refractivity contribution is 5.94. The molecule has 3 atom stereocenters. The van der Waals surface area contributed by atoms with Crippen LogP contribution in [0.25, 0.3) is 11.5 Å². The van der Waals surface area contributed by atoms with Crippen molar-refractivity contribution >= 4 is 28.7 Å². The van der Waals surface area contributed by atoms with E-state index in [1.165, 1.54) is 15.3 Å². The summed E-state index contributed by atoms with van der Waals surface area (Å²) in [5, 5.41) is 13.9. The van der Waals surface area contributed by atoms with E-state index in [4.69, 9.17) is 4.74 Å². The minimum atomic E-state index is -0.278. The molecule has 4 aromatic rings. The van der Waals surface area contributed by atoms with Crippen LogP contribution < -0.4 is 21.5 Å². The monoisotopic (exact) mass is 486 g/mol. The minimum Gasteiger partial charge on any atom is -0.385 e. The van der Waals surface area contributed by atoms with Crippen LogP contribution in [0.3, 0.4) is 0 Å². The maximum atomic E-state index is 13.2. The maximum Gasteiger partial charge on any atom is 0.279 e. The molecule has 3 N–H and O–H groups in total. The van der Waals surface area contributed by atoms with Gasteiger partial charge in [-0.2, -0.15) is 0 Å². The molecule has 2 fully saturated rings. The largest absolute Gasteiger partial charge is 0.385 e. The van der Waals surface area contributed by atoms with Gasteiger partial charge in [-0.3, -0.25) is 14.2 Å². The van der Waals surface area contributed by atoms with Crippen LogP contribution in [-0.2, 0) is 4.74 Å². The average molecular weight is 487 g/mol. The van der Waals surface area contributed by atoms with Crippen LogP contribution in [-0.4, -0.2) is 55.9 Å². The summed E-state index contributed by atoms with van der Waals surface area (Å²) in [5.41, 5.74) is 1.52. The second-order valence-corrected chi connectivity index (χ2v) is 9.02. The number of anilines is 3. The number of amides is 1. The molecule has 0 bridgehead atoms. The summed E-state index contributed by atoms with van der Waals surface area (Å²) in [6.07, 6.45) is 7.89. The molecule has 36 heavy (non-hydrogen) atoms. The van der Waals surface area contributed by atoms with Gasteiger partial charge in [-0.15, -0.1) is 5.10 Å². The molecular formula is C25H26N8O3. The highest BCUT2D eigenvalue weighted by Crippen LogP contribution is 2.36. The fourth-order valence-electron chi connectivity index (χ4n) is 5.14. The minimum absolute atomic E-state index is 0.0185. The third kappa shape index (κ3) is 3.87. The van der Waals surface area contributed by atoms with Crippen molar-refractivity contribution in [1.29, 1.82) is 0 Å². The quantitative estimate of drug-likeness (QED) is 0.379. The van der Waals surface area contributed by atoms with Crippen LogP contribution in [0, 0.1) is 5.92 Å². The SMILES string of the molecule is CNc1cc(Nc2cccn(-c3ccccn3)c2=O)nn2c(C(=O)NC3CCC4CCOC43)cnc12. The van der Waals surface area contributed by atoms with Crippen molar-refractivity contribution in [1.82, 2.24) is 29.5 Å². The molecule has 4 aromatic heterocycles. The molecule has 0 radical (unpaired) electrons. The predicted octanol–water partition coefficient (Wildman–Crippen LogP) is 2.36. The first kappa shape index (κ1) is 22.2. The Bertz CT molecular complexity index is 1480. The number of hydrogen-bond donors (Lipinski definition) is 3. The van der Waals surface area contributed by atoms with Gasteiger partial charge in [-0.05, 0) is 49.4 Å². The van der Waals surface area contributed by atoms with Gasteiger partial charge in [-0.1, -0.05) is 6.07 Å². The summed E-state index contributed by atoms with van der Waals surface area (Å²) in [4.78, 5) is 35.0. The molecule has 0 spiro atoms. The van der Waals surface area contributed by atoms with Crippen molar-refractivity contribution in [3.63, 3.8) is 0 Å². The van der Waals surface area contributed by atoms with Gasteiger partial charge in [0.2, 0.25) is 0 Å². The first-order valence-corrected chi connectivity index (χ1v) is 12.0. The van der Waals surface area contributed by atoms with Crippen LogP contribution in [0.15, 0.2) is 59.8 Å². The number of rotatable bonds is 6. The number of fused-ring (bicyclic) bond motifs is 2. The Morgan fingerprint density at radius 1 is 1.11 bits per heavy atom. The van der Waals surface area contributed by atoms with Crippen molar-refractivity contribution in [3.8, 4) is 5.82 Å². The van der Waals surface area contributed by atoms with Gasteiger partial charge >= 0.3 is 0 Å². The van der Waals surface area contributed by atoms with Crippen molar-refractivity contribution in [2.24, 2.45) is 5.92 Å². The zero-order chi connectivity index (χ0) is 24.6. The lowest BCUT2D eigenvalue weighted by atomic mass is 10.0. The molecule has 1 saturated heterocycles. The van der Waals surface area contributed by atoms with Gasteiger partial charge in [0.15, 0.2) is 17.2 Å². The zero-order valence-electron chi connectivity index (χ0n) is 19.7. The molecule has 6 rings (SSSR count). The molecule has 2 aliphatic rings. The summed E-state index contributed by atoms with van der Waals surface area (Å²) in [7, 11) is 1.76. The van der Waals surface area contributed by atoms with E-state index in [1.807, 2.05) is 6.07 Å². The number of pyridine rings is 2. The van der Waals surface area contributed by atoms with Crippen LogP contribution in [0.5, 0.6) is 0 Å². The number of ether oxygens (including phenoxy) is 1. The van der Waals surface area contributed by atoms with Gasteiger partial charge in [0.1, 0.15) is 11.5 Å². The molecule has 1 amide bonds. The number of nitrogens with one attached hydrogen (secondary N) is 3. The molecular weight excluding hydrogens is 460 g/mol. The highest BCUT2D eigenvalue weighted by atomic mass is 16.5. The molecule has 0 aromatic carbocycles. The summed E-state index contributed by atoms with van der Waals surface area (Å²) < 4.78 is 8.81. The van der Waals surface area contributed by atoms with Gasteiger partial charge < -0.3 is 20.7 Å². The molecule has 5 heterocycles. The van der Waals surface area contributed by atoms with E-state index in [0.29, 0.717) is 40.3 Å². The second-order valence-electron chi connectivity index (χ2n) is 9.02. The lowest BCUT2D eigenvalue weighted by Gasteiger charge is -2.19. The standard InChI is InChI=1S/C25H26N8O3/c1-26-18-13-20(29-17-5-4-11-32(25(17)35)21-6-2-3-10-27-21)31-33-19(14-28-23(18)33)24(34)30-16-8-7-15-9-12-36-22(15)16/h2-6,10-11,13-16,22,26H,7-9,12H2,1H3,(H,29,31)(H,30,34). The molecule has 11 nitrogen and oxygen atoms in total. The first-order valence-electron chi connectivity index (χ1n) is 12.0. The van der Waals surface area contributed by atoms with Crippen LogP contribution in [0.4, 0.5) is 17.2 Å². The zero-order valence-corrected chi connectivity index (χ0v) is 19.7. The Kier molecular flexibility index (Phi) is 5.61. The fourth-order valence-corrected chi connectivity index (χ4v) is 5.14. The van der Waals surface area contributed by atoms with Gasteiger partial charge in [-0.25, -0.2) is 14.5 Å². The smallest absolute Gasteiger partial charge is 0.279 e. The van der Waals surface area contributed by atoms with Crippen LogP contribution >= 0.6 is 0 Å². The molecule has 1 aliphatic carbocycles. The molecule has 11 heteroatoms. The van der Waals surface area contributed by atoms with Crippen molar-refractivity contribution in [2.75, 3.05) is 24.3 Å². The second kappa shape index (κ2) is 9.08. The van der Waals surface area contributed by atoms with E-state index in [1.54, 1.807) is 49.8 Å². The third-order valence-electron chi connectivity index (χ3n) is 6.90. The number of carbonyl (C=O) groups is 1. The van der Waals surface area contributed by atoms with E-state index in [9.17, 15) is 9.59 Å². The fraction of sp³-hybridized carbons (Fsp3) is 0.320. The van der Waals surface area contributed by atoms with Gasteiger partial charge in [0, 0.05) is 32.1 Å². The molecule has 1 aliphatic heterocycles. The number of imidazole rings is 1. The Morgan fingerprint density at radius 3 is 2.86 bits per heavy atom. The topological polar surface area (TPSA) is 127 Å². The van der Waals surface area contributed by atoms with Crippen LogP contribution in [0.1, 0.15) is 29.8 Å². The van der Waals surface area contributed by atoms with Gasteiger partial charge in [0.25, 0.3) is 11.5 Å². The van der Waals surface area contributed by atoms with E-state index >= 15 is 0 Å². The Morgan fingerprint density at radius 2 is 2.03 bits per heavy atom. The third-order valence-corrected chi connectivity index (χ3v) is 6.90. The summed E-state index contributed by atoms with van der Waals surface area (Å²) in [5.74, 6) is 1.16. The summed E-state index contributed by atoms with van der Waals surface area (Å²) >= 11 is 0. The van der Waals surface area contributed by atoms with E-state index in [0.717, 1.165) is 25.9 Å². The summed E-state index contributed by atoms with van der Waals surface area (Å²) in [6.45, 7) is 0.751. The Hall–Kier alpha value is -4.25. The Labute approximate surface area is 206 Å². The highest BCUT2D eigenvalue weighted by Gasteiger charge is 2.41. The lowest BCUT2D eigenvalue weighted by Crippen LogP contribution is -2.41. The number of carbonyl (C=O) groups excluding carboxylic acids is 1. The number of aromatic nitrogens is 5. The van der Waals surface area contributed by atoms with E-state index < -0.39 is 0 Å². The number of hydrogen-bond acceptors (Lipinski definition) is 8. The predicted molar refractivity (Wildman–Crippen MR) is 134 cm³/mol. The lowest BCUT2D eigenvalue weighted by molar-refractivity contribution is 0.0687. The molecule has 1 saturated carbocycles. The maximum absolute atomic E-state index is 13.2.